The molecular weight excluding hydrogens is 392 g/mol. The van der Waals surface area contributed by atoms with Gasteiger partial charge in [-0.25, -0.2) is 4.99 Å². The molecule has 1 unspecified atom stereocenters. The van der Waals surface area contributed by atoms with Crippen LogP contribution in [0.2, 0.25) is 5.02 Å². The summed E-state index contributed by atoms with van der Waals surface area (Å²) in [5.41, 5.74) is 9.82. The lowest BCUT2D eigenvalue weighted by atomic mass is 10.2. The summed E-state index contributed by atoms with van der Waals surface area (Å²) in [5, 5.41) is 6.40. The monoisotopic (exact) mass is 408 g/mol. The number of nitrogens with two attached hydrogens (primary N) is 1. The number of aliphatic imine (C=N–C) groups is 1. The van der Waals surface area contributed by atoms with Crippen LogP contribution in [0.15, 0.2) is 71.0 Å². The molecule has 2 aromatic carbocycles. The molecule has 1 aliphatic heterocycles. The van der Waals surface area contributed by atoms with E-state index in [0.29, 0.717) is 10.7 Å². The van der Waals surface area contributed by atoms with Crippen molar-refractivity contribution in [1.82, 2.24) is 0 Å². The highest BCUT2D eigenvalue weighted by Crippen LogP contribution is 2.36. The van der Waals surface area contributed by atoms with Gasteiger partial charge in [-0.15, -0.1) is 11.3 Å². The molecule has 1 aromatic heterocycles. The van der Waals surface area contributed by atoms with Crippen molar-refractivity contribution >= 4 is 57.6 Å². The maximum atomic E-state index is 12.1. The maximum absolute atomic E-state index is 12.1. The maximum Gasteiger partial charge on any atom is 0.248 e. The minimum Gasteiger partial charge on any atom is -0.323 e. The molecule has 0 saturated carbocycles. The molecule has 2 heterocycles. The van der Waals surface area contributed by atoms with Gasteiger partial charge < -0.3 is 16.0 Å². The highest BCUT2D eigenvalue weighted by atomic mass is 35.5. The highest BCUT2D eigenvalue weighted by Gasteiger charge is 2.23. The zero-order valence-corrected chi connectivity index (χ0v) is 16.3. The van der Waals surface area contributed by atoms with Crippen LogP contribution in [-0.2, 0) is 4.79 Å². The number of hydrogen-bond acceptors (Lipinski definition) is 5. The van der Waals surface area contributed by atoms with Gasteiger partial charge in [0.2, 0.25) is 5.91 Å². The number of thiophene rings is 1. The van der Waals surface area contributed by atoms with Crippen LogP contribution < -0.4 is 16.0 Å². The Morgan fingerprint density at radius 3 is 2.82 bits per heavy atom. The van der Waals surface area contributed by atoms with E-state index in [-0.39, 0.29) is 12.1 Å². The Labute approximate surface area is 171 Å². The summed E-state index contributed by atoms with van der Waals surface area (Å²) in [6, 6.07) is 16.8. The smallest absolute Gasteiger partial charge is 0.248 e. The zero-order valence-electron chi connectivity index (χ0n) is 14.7. The summed E-state index contributed by atoms with van der Waals surface area (Å²) < 4.78 is 0. The van der Waals surface area contributed by atoms with Gasteiger partial charge in [-0.1, -0.05) is 23.7 Å². The Morgan fingerprint density at radius 2 is 2.04 bits per heavy atom. The largest absolute Gasteiger partial charge is 0.323 e. The van der Waals surface area contributed by atoms with Crippen molar-refractivity contribution in [1.29, 1.82) is 0 Å². The van der Waals surface area contributed by atoms with Gasteiger partial charge in [-0.3, -0.25) is 4.79 Å². The molecule has 0 bridgehead atoms. The molecule has 0 radical (unpaired) electrons. The van der Waals surface area contributed by atoms with E-state index in [2.05, 4.69) is 10.3 Å². The molecule has 7 heteroatoms. The van der Waals surface area contributed by atoms with Gasteiger partial charge in [0.15, 0.2) is 0 Å². The molecule has 140 valence electrons. The van der Waals surface area contributed by atoms with E-state index in [0.717, 1.165) is 21.8 Å². The molecule has 0 aliphatic carbocycles. The van der Waals surface area contributed by atoms with E-state index in [1.807, 2.05) is 52.7 Å². The average molecular weight is 409 g/mol. The second-order valence-corrected chi connectivity index (χ2v) is 7.53. The number of anilines is 2. The lowest BCUT2D eigenvalue weighted by Gasteiger charge is -2.29. The summed E-state index contributed by atoms with van der Waals surface area (Å²) in [4.78, 5) is 18.5. The number of amides is 1. The molecule has 1 amide bonds. The first-order valence-electron chi connectivity index (χ1n) is 8.60. The van der Waals surface area contributed by atoms with E-state index < -0.39 is 0 Å². The Kier molecular flexibility index (Phi) is 5.25. The third kappa shape index (κ3) is 3.99. The number of fused-ring (bicyclic) bond motifs is 1. The summed E-state index contributed by atoms with van der Waals surface area (Å²) in [6.07, 6.45) is 4.66. The second kappa shape index (κ2) is 7.98. The Balaban J connectivity index is 1.42. The summed E-state index contributed by atoms with van der Waals surface area (Å²) in [7, 11) is 0. The molecule has 28 heavy (non-hydrogen) atoms. The molecule has 0 spiro atoms. The number of halogens is 1. The van der Waals surface area contributed by atoms with Crippen molar-refractivity contribution in [3.63, 3.8) is 0 Å². The highest BCUT2D eigenvalue weighted by molar-refractivity contribution is 7.14. The molecular formula is C21H17ClN4OS. The van der Waals surface area contributed by atoms with E-state index in [9.17, 15) is 4.79 Å². The van der Waals surface area contributed by atoms with E-state index >= 15 is 0 Å². The quantitative estimate of drug-likeness (QED) is 0.583. The van der Waals surface area contributed by atoms with E-state index in [1.54, 1.807) is 35.9 Å². The molecule has 3 N–H and O–H groups in total. The Hall–Kier alpha value is -2.93. The van der Waals surface area contributed by atoms with Crippen LogP contribution in [0.4, 0.5) is 16.4 Å². The normalized spacial score (nSPS) is 15.6. The van der Waals surface area contributed by atoms with Gasteiger partial charge in [-0.2, -0.15) is 0 Å². The number of nitrogens with zero attached hydrogens (tertiary/aromatic N) is 2. The topological polar surface area (TPSA) is 70.7 Å². The molecule has 1 atom stereocenters. The lowest BCUT2D eigenvalue weighted by Crippen LogP contribution is -2.35. The molecule has 3 aromatic rings. The first kappa shape index (κ1) is 18.4. The van der Waals surface area contributed by atoms with Crippen LogP contribution in [0.5, 0.6) is 0 Å². The minimum atomic E-state index is -0.278. The van der Waals surface area contributed by atoms with Gasteiger partial charge >= 0.3 is 0 Å². The Bertz CT molecular complexity index is 1060. The van der Waals surface area contributed by atoms with Gasteiger partial charge in [0.05, 0.1) is 6.34 Å². The minimum absolute atomic E-state index is 0.216. The second-order valence-electron chi connectivity index (χ2n) is 6.20. The van der Waals surface area contributed by atoms with Gasteiger partial charge in [0.1, 0.15) is 11.2 Å². The fourth-order valence-corrected chi connectivity index (χ4v) is 3.86. The molecule has 0 fully saturated rings. The zero-order chi connectivity index (χ0) is 19.5. The summed E-state index contributed by atoms with van der Waals surface area (Å²) >= 11 is 7.52. The van der Waals surface area contributed by atoms with Crippen LogP contribution in [0.1, 0.15) is 17.3 Å². The van der Waals surface area contributed by atoms with Crippen molar-refractivity contribution in [2.75, 3.05) is 10.2 Å². The lowest BCUT2D eigenvalue weighted by molar-refractivity contribution is -0.111. The predicted octanol–water partition coefficient (Wildman–Crippen LogP) is 5.19. The number of rotatable bonds is 4. The van der Waals surface area contributed by atoms with Crippen LogP contribution in [0.3, 0.4) is 0 Å². The van der Waals surface area contributed by atoms with E-state index in [4.69, 9.17) is 17.3 Å². The number of carbonyl (C=O) groups excluding carboxylic acids is 1. The van der Waals surface area contributed by atoms with Crippen LogP contribution in [-0.4, -0.2) is 12.2 Å². The number of hydrogen-bond donors (Lipinski definition) is 2. The molecule has 4 rings (SSSR count). The van der Waals surface area contributed by atoms with Crippen molar-refractivity contribution < 1.29 is 4.79 Å². The number of carbonyl (C=O) groups is 1. The van der Waals surface area contributed by atoms with Crippen molar-refractivity contribution in [3.8, 4) is 0 Å². The molecule has 0 saturated heterocycles. The van der Waals surface area contributed by atoms with E-state index in [1.165, 1.54) is 6.08 Å². The standard InChI is InChI=1S/C21H17ClN4OS/c22-15-3-1-2-14(12-15)4-9-19(27)25-16-5-7-17(8-6-16)26-13-24-21-18(20(26)23)10-11-28-21/h1-13,20H,23H2,(H,25,27)/b9-4+. The summed E-state index contributed by atoms with van der Waals surface area (Å²) in [5.74, 6) is -0.216. The first-order chi connectivity index (χ1) is 13.6. The third-order valence-corrected chi connectivity index (χ3v) is 5.37. The van der Waals surface area contributed by atoms with Crippen molar-refractivity contribution in [2.24, 2.45) is 10.7 Å². The van der Waals surface area contributed by atoms with Crippen LogP contribution in [0, 0.1) is 0 Å². The van der Waals surface area contributed by atoms with Crippen molar-refractivity contribution in [2.45, 2.75) is 6.17 Å². The van der Waals surface area contributed by atoms with Crippen LogP contribution >= 0.6 is 22.9 Å². The molecule has 5 nitrogen and oxygen atoms in total. The Morgan fingerprint density at radius 1 is 1.21 bits per heavy atom. The first-order valence-corrected chi connectivity index (χ1v) is 9.86. The SMILES string of the molecule is NC1c2ccsc2N=CN1c1ccc(NC(=O)/C=C/c2cccc(Cl)c2)cc1. The fourth-order valence-electron chi connectivity index (χ4n) is 2.89. The van der Waals surface area contributed by atoms with Gasteiger partial charge in [0.25, 0.3) is 0 Å². The number of benzene rings is 2. The predicted molar refractivity (Wildman–Crippen MR) is 117 cm³/mol. The summed E-state index contributed by atoms with van der Waals surface area (Å²) in [6.45, 7) is 0. The van der Waals surface area contributed by atoms with Crippen molar-refractivity contribution in [3.05, 3.63) is 82.2 Å². The van der Waals surface area contributed by atoms with Gasteiger partial charge in [0, 0.05) is 28.0 Å². The average Bonchev–Trinajstić information content (AvgIpc) is 3.17. The molecule has 1 aliphatic rings. The van der Waals surface area contributed by atoms with Crippen LogP contribution in [0.25, 0.3) is 6.08 Å². The third-order valence-electron chi connectivity index (χ3n) is 4.30. The van der Waals surface area contributed by atoms with Gasteiger partial charge in [-0.05, 0) is 59.5 Å². The number of nitrogens with one attached hydrogen (secondary N) is 1. The fraction of sp³-hybridized carbons (Fsp3) is 0.0476.